The molecule has 0 rings (SSSR count). The number of aliphatic imine (C=N–C) groups is 1. The molecule has 0 amide bonds. The minimum absolute atomic E-state index is 0. The Labute approximate surface area is 53.2 Å². The van der Waals surface area contributed by atoms with Gasteiger partial charge in [-0.1, -0.05) is 0 Å². The summed E-state index contributed by atoms with van der Waals surface area (Å²) in [7, 11) is 0. The van der Waals surface area contributed by atoms with Crippen molar-refractivity contribution in [2.75, 3.05) is 6.54 Å². The topological polar surface area (TPSA) is 29.4 Å². The molecule has 0 heterocycles. The van der Waals surface area contributed by atoms with Gasteiger partial charge in [0.2, 0.25) is 0 Å². The van der Waals surface area contributed by atoms with Gasteiger partial charge < -0.3 is 16.0 Å². The smallest absolute Gasteiger partial charge is 0.542 e. The molecule has 0 aromatic heterocycles. The van der Waals surface area contributed by atoms with Gasteiger partial charge in [0.25, 0.3) is 0 Å². The first kappa shape index (κ1) is 10.5. The van der Waals surface area contributed by atoms with Crippen molar-refractivity contribution in [1.82, 2.24) is 0 Å². The molecule has 0 spiro atoms. The first-order valence-electron chi connectivity index (χ1n) is 2.10. The van der Waals surface area contributed by atoms with Crippen LogP contribution in [0.15, 0.2) is 4.99 Å². The average Bonchev–Trinajstić information content (AvgIpc) is 1.69. The van der Waals surface area contributed by atoms with Crippen molar-refractivity contribution < 1.29 is 4.79 Å². The standard InChI is InChI=1S/C5H7NO.Be/c1-2-6-4-3-5-7;/h3-4H2,1H3;/q-2;+2. The summed E-state index contributed by atoms with van der Waals surface area (Å²) in [5.41, 5.74) is 0. The summed E-state index contributed by atoms with van der Waals surface area (Å²) in [5, 5.41) is 0. The number of carbonyl (C=O) groups excluding carboxylic acids is 1. The van der Waals surface area contributed by atoms with E-state index in [0.29, 0.717) is 13.0 Å². The molecule has 3 heteroatoms. The second-order valence-electron chi connectivity index (χ2n) is 1.000. The van der Waals surface area contributed by atoms with Crippen molar-refractivity contribution >= 4 is 22.6 Å². The summed E-state index contributed by atoms with van der Waals surface area (Å²) in [5.74, 6) is 0. The molecule has 0 unspecified atom stereocenters. The fourth-order valence-corrected chi connectivity index (χ4v) is 0.213. The van der Waals surface area contributed by atoms with Gasteiger partial charge in [-0.15, -0.1) is 6.42 Å². The summed E-state index contributed by atoms with van der Waals surface area (Å²) in [6.45, 7) is 2.23. The number of hydrogen-bond acceptors (Lipinski definition) is 2. The van der Waals surface area contributed by atoms with Crippen molar-refractivity contribution in [3.63, 3.8) is 0 Å². The molecule has 0 aliphatic heterocycles. The zero-order valence-electron chi connectivity index (χ0n) is 4.98. The van der Waals surface area contributed by atoms with Crippen LogP contribution >= 0.6 is 0 Å². The maximum absolute atomic E-state index is 9.47. The van der Waals surface area contributed by atoms with Gasteiger partial charge in [0.15, 0.2) is 0 Å². The van der Waals surface area contributed by atoms with Crippen LogP contribution in [0.3, 0.4) is 0 Å². The van der Waals surface area contributed by atoms with E-state index >= 15 is 0 Å². The van der Waals surface area contributed by atoms with Crippen LogP contribution in [0.1, 0.15) is 13.3 Å². The molecule has 8 heavy (non-hydrogen) atoms. The van der Waals surface area contributed by atoms with E-state index in [0.717, 1.165) is 0 Å². The summed E-state index contributed by atoms with van der Waals surface area (Å²) in [4.78, 5) is 13.1. The third-order valence-corrected chi connectivity index (χ3v) is 0.484. The zero-order valence-corrected chi connectivity index (χ0v) is 4.98. The fourth-order valence-electron chi connectivity index (χ4n) is 0.213. The summed E-state index contributed by atoms with van der Waals surface area (Å²) >= 11 is 0. The van der Waals surface area contributed by atoms with Gasteiger partial charge in [-0.25, -0.2) is 0 Å². The van der Waals surface area contributed by atoms with Gasteiger partial charge in [-0.3, -0.25) is 6.29 Å². The van der Waals surface area contributed by atoms with Crippen molar-refractivity contribution in [3.8, 4) is 0 Å². The number of rotatable bonds is 3. The summed E-state index contributed by atoms with van der Waals surface area (Å²) in [6.07, 6.45) is 4.66. The first-order valence-corrected chi connectivity index (χ1v) is 2.10. The predicted molar refractivity (Wildman–Crippen MR) is 34.0 cm³/mol. The van der Waals surface area contributed by atoms with E-state index in [-0.39, 0.29) is 10.1 Å². The number of nitrogens with zero attached hydrogens (tertiary/aromatic N) is 1. The number of hydrogen-bond donors (Lipinski definition) is 0. The molecule has 0 fully saturated rings. The Morgan fingerprint density at radius 1 is 1.62 bits per heavy atom. The van der Waals surface area contributed by atoms with Crippen LogP contribution in [0, 0.1) is 0 Å². The van der Waals surface area contributed by atoms with Gasteiger partial charge in [0, 0.05) is 0 Å². The molecule has 0 N–H and O–H groups in total. The van der Waals surface area contributed by atoms with Crippen molar-refractivity contribution in [3.05, 3.63) is 0 Å². The molecule has 0 saturated heterocycles. The first-order chi connectivity index (χ1) is 3.41. The van der Waals surface area contributed by atoms with E-state index in [1.807, 2.05) is 0 Å². The molecule has 0 saturated carbocycles. The van der Waals surface area contributed by atoms with Gasteiger partial charge in [-0.2, -0.15) is 6.92 Å². The Kier molecular flexibility index (Phi) is 12.7. The van der Waals surface area contributed by atoms with Gasteiger partial charge in [0.05, 0.1) is 0 Å². The fraction of sp³-hybridized carbons (Fsp3) is 0.600. The van der Waals surface area contributed by atoms with Gasteiger partial charge >= 0.3 is 10.1 Å². The van der Waals surface area contributed by atoms with Crippen LogP contribution in [0.25, 0.3) is 0 Å². The monoisotopic (exact) mass is 106 g/mol. The molecular weight excluding hydrogens is 99.1 g/mol. The molecule has 0 aliphatic carbocycles. The average molecular weight is 106 g/mol. The quantitative estimate of drug-likeness (QED) is 0.217. The van der Waals surface area contributed by atoms with Crippen LogP contribution in [0.4, 0.5) is 0 Å². The van der Waals surface area contributed by atoms with Crippen molar-refractivity contribution in [2.45, 2.75) is 13.3 Å². The molecule has 0 aliphatic rings. The Morgan fingerprint density at radius 3 is 2.62 bits per heavy atom. The van der Waals surface area contributed by atoms with E-state index in [1.165, 1.54) is 0 Å². The maximum Gasteiger partial charge on any atom is 2.00 e. The van der Waals surface area contributed by atoms with E-state index in [2.05, 4.69) is 11.2 Å². The molecule has 0 aromatic rings. The van der Waals surface area contributed by atoms with Gasteiger partial charge in [0.1, 0.15) is 0 Å². The Balaban J connectivity index is 0. The molecule has 0 bridgehead atoms. The summed E-state index contributed by atoms with van der Waals surface area (Å²) < 4.78 is 0. The van der Waals surface area contributed by atoms with Crippen molar-refractivity contribution in [2.24, 2.45) is 4.99 Å². The maximum atomic E-state index is 9.47. The molecule has 40 valence electrons. The molecule has 0 aromatic carbocycles. The predicted octanol–water partition coefficient (Wildman–Crippen LogP) is 0.0731. The summed E-state index contributed by atoms with van der Waals surface area (Å²) in [6, 6.07) is 0. The van der Waals surface area contributed by atoms with Crippen LogP contribution in [0.2, 0.25) is 0 Å². The van der Waals surface area contributed by atoms with Gasteiger partial charge in [-0.05, 0) is 6.54 Å². The minimum atomic E-state index is 0. The molecule has 0 atom stereocenters. The third kappa shape index (κ3) is 9.10. The van der Waals surface area contributed by atoms with E-state index in [9.17, 15) is 4.79 Å². The molecule has 2 nitrogen and oxygen atoms in total. The Morgan fingerprint density at radius 2 is 2.25 bits per heavy atom. The van der Waals surface area contributed by atoms with Crippen molar-refractivity contribution in [1.29, 1.82) is 0 Å². The third-order valence-electron chi connectivity index (χ3n) is 0.484. The second kappa shape index (κ2) is 9.72. The molecule has 0 radical (unpaired) electrons. The van der Waals surface area contributed by atoms with E-state index in [4.69, 9.17) is 0 Å². The Hall–Kier alpha value is -0.491. The normalized spacial score (nSPS) is 8.62. The second-order valence-corrected chi connectivity index (χ2v) is 1.000. The van der Waals surface area contributed by atoms with Crippen LogP contribution in [0.5, 0.6) is 0 Å². The van der Waals surface area contributed by atoms with E-state index in [1.54, 1.807) is 13.2 Å². The zero-order chi connectivity index (χ0) is 5.54. The van der Waals surface area contributed by atoms with Crippen LogP contribution in [-0.4, -0.2) is 29.2 Å². The minimum Gasteiger partial charge on any atom is -0.542 e. The Bertz CT molecular complexity index is 72.8. The largest absolute Gasteiger partial charge is 2.00 e. The van der Waals surface area contributed by atoms with E-state index < -0.39 is 0 Å². The SMILES string of the molecule is C[C-]=NCC[C-]=O.[Be+2]. The molecular formula is C5H7BeNO. The van der Waals surface area contributed by atoms with Crippen LogP contribution < -0.4 is 0 Å². The van der Waals surface area contributed by atoms with Crippen LogP contribution in [-0.2, 0) is 4.79 Å².